The molecule has 0 aliphatic heterocycles. The monoisotopic (exact) mass is 288 g/mol. The molecular weight excluding hydrogens is 264 g/mol. The van der Waals surface area contributed by atoms with Crippen molar-refractivity contribution in [3.8, 4) is 11.4 Å². The van der Waals surface area contributed by atoms with Gasteiger partial charge in [0.25, 0.3) is 0 Å². The van der Waals surface area contributed by atoms with Crippen molar-refractivity contribution in [2.24, 2.45) is 7.05 Å². The molecule has 0 saturated carbocycles. The summed E-state index contributed by atoms with van der Waals surface area (Å²) in [6.45, 7) is 7.87. The SMILES string of the molecule is CCN(Cc1nnc(-c2ccccc2)n1C)CC(C)(C)O. The van der Waals surface area contributed by atoms with E-state index < -0.39 is 5.60 Å². The maximum absolute atomic E-state index is 9.97. The van der Waals surface area contributed by atoms with Gasteiger partial charge in [0.15, 0.2) is 5.82 Å². The Kier molecular flexibility index (Phi) is 4.75. The van der Waals surface area contributed by atoms with E-state index in [0.717, 1.165) is 23.8 Å². The second-order valence-corrected chi connectivity index (χ2v) is 5.98. The van der Waals surface area contributed by atoms with Gasteiger partial charge in [-0.2, -0.15) is 0 Å². The van der Waals surface area contributed by atoms with Gasteiger partial charge < -0.3 is 9.67 Å². The molecule has 1 aromatic heterocycles. The van der Waals surface area contributed by atoms with Crippen LogP contribution in [0.2, 0.25) is 0 Å². The van der Waals surface area contributed by atoms with E-state index in [9.17, 15) is 5.11 Å². The first-order valence-electron chi connectivity index (χ1n) is 7.29. The number of benzene rings is 1. The lowest BCUT2D eigenvalue weighted by Crippen LogP contribution is -2.38. The summed E-state index contributed by atoms with van der Waals surface area (Å²) >= 11 is 0. The topological polar surface area (TPSA) is 54.2 Å². The van der Waals surface area contributed by atoms with Crippen LogP contribution in [0.15, 0.2) is 30.3 Å². The summed E-state index contributed by atoms with van der Waals surface area (Å²) < 4.78 is 2.02. The summed E-state index contributed by atoms with van der Waals surface area (Å²) in [7, 11) is 1.98. The van der Waals surface area contributed by atoms with Gasteiger partial charge in [-0.3, -0.25) is 4.90 Å². The molecule has 0 spiro atoms. The minimum atomic E-state index is -0.711. The van der Waals surface area contributed by atoms with Crippen LogP contribution in [0, 0.1) is 0 Å². The summed E-state index contributed by atoms with van der Waals surface area (Å²) in [5.74, 6) is 1.77. The molecular formula is C16H24N4O. The zero-order valence-corrected chi connectivity index (χ0v) is 13.2. The molecule has 0 fully saturated rings. The maximum Gasteiger partial charge on any atom is 0.163 e. The third-order valence-corrected chi connectivity index (χ3v) is 3.42. The first kappa shape index (κ1) is 15.7. The molecule has 0 amide bonds. The summed E-state index contributed by atoms with van der Waals surface area (Å²) in [4.78, 5) is 2.17. The minimum absolute atomic E-state index is 0.608. The number of likely N-dealkylation sites (N-methyl/N-ethyl adjacent to an activating group) is 1. The average Bonchev–Trinajstić information content (AvgIpc) is 2.79. The van der Waals surface area contributed by atoms with Gasteiger partial charge in [-0.15, -0.1) is 10.2 Å². The third-order valence-electron chi connectivity index (χ3n) is 3.42. The fourth-order valence-corrected chi connectivity index (χ4v) is 2.36. The summed E-state index contributed by atoms with van der Waals surface area (Å²) in [5.41, 5.74) is 0.348. The zero-order valence-electron chi connectivity index (χ0n) is 13.2. The van der Waals surface area contributed by atoms with Crippen LogP contribution in [0.3, 0.4) is 0 Å². The van der Waals surface area contributed by atoms with Crippen molar-refractivity contribution in [2.45, 2.75) is 32.9 Å². The molecule has 1 N–H and O–H groups in total. The summed E-state index contributed by atoms with van der Waals surface area (Å²) in [6, 6.07) is 10.0. The molecule has 0 aliphatic rings. The van der Waals surface area contributed by atoms with Gasteiger partial charge in [0.2, 0.25) is 0 Å². The highest BCUT2D eigenvalue weighted by molar-refractivity contribution is 5.54. The second kappa shape index (κ2) is 6.37. The fourth-order valence-electron chi connectivity index (χ4n) is 2.36. The smallest absolute Gasteiger partial charge is 0.163 e. The largest absolute Gasteiger partial charge is 0.389 e. The highest BCUT2D eigenvalue weighted by Gasteiger charge is 2.19. The molecule has 114 valence electrons. The first-order chi connectivity index (χ1) is 9.90. The number of rotatable bonds is 6. The van der Waals surface area contributed by atoms with E-state index in [2.05, 4.69) is 22.0 Å². The van der Waals surface area contributed by atoms with Crippen molar-refractivity contribution in [2.75, 3.05) is 13.1 Å². The van der Waals surface area contributed by atoms with Gasteiger partial charge in [-0.05, 0) is 20.4 Å². The Labute approximate surface area is 126 Å². The van der Waals surface area contributed by atoms with Gasteiger partial charge in [0, 0.05) is 19.2 Å². The van der Waals surface area contributed by atoms with Crippen LogP contribution in [-0.4, -0.2) is 43.5 Å². The Bertz CT molecular complexity index is 572. The third kappa shape index (κ3) is 4.12. The number of nitrogens with zero attached hydrogens (tertiary/aromatic N) is 4. The molecule has 0 saturated heterocycles. The van der Waals surface area contributed by atoms with Crippen LogP contribution in [0.5, 0.6) is 0 Å². The van der Waals surface area contributed by atoms with E-state index in [-0.39, 0.29) is 0 Å². The van der Waals surface area contributed by atoms with Crippen molar-refractivity contribution in [1.82, 2.24) is 19.7 Å². The van der Waals surface area contributed by atoms with Crippen LogP contribution in [0.1, 0.15) is 26.6 Å². The maximum atomic E-state index is 9.97. The van der Waals surface area contributed by atoms with E-state index >= 15 is 0 Å². The Morgan fingerprint density at radius 1 is 1.19 bits per heavy atom. The Morgan fingerprint density at radius 3 is 2.43 bits per heavy atom. The van der Waals surface area contributed by atoms with E-state index in [4.69, 9.17) is 0 Å². The van der Waals surface area contributed by atoms with E-state index in [1.807, 2.05) is 55.8 Å². The molecule has 0 bridgehead atoms. The standard InChI is InChI=1S/C16H24N4O/c1-5-20(12-16(2,3)21)11-14-17-18-15(19(14)4)13-9-7-6-8-10-13/h6-10,21H,5,11-12H2,1-4H3. The van der Waals surface area contributed by atoms with Gasteiger partial charge in [-0.1, -0.05) is 37.3 Å². The number of aliphatic hydroxyl groups is 1. The molecule has 1 heterocycles. The zero-order chi connectivity index (χ0) is 15.5. The lowest BCUT2D eigenvalue weighted by Gasteiger charge is -2.27. The average molecular weight is 288 g/mol. The van der Waals surface area contributed by atoms with Gasteiger partial charge in [0.1, 0.15) is 5.82 Å². The highest BCUT2D eigenvalue weighted by Crippen LogP contribution is 2.17. The van der Waals surface area contributed by atoms with Crippen molar-refractivity contribution in [3.05, 3.63) is 36.2 Å². The van der Waals surface area contributed by atoms with Crippen LogP contribution in [-0.2, 0) is 13.6 Å². The van der Waals surface area contributed by atoms with Gasteiger partial charge in [-0.25, -0.2) is 0 Å². The molecule has 21 heavy (non-hydrogen) atoms. The summed E-state index contributed by atoms with van der Waals surface area (Å²) in [6.07, 6.45) is 0. The van der Waals surface area contributed by atoms with E-state index in [1.165, 1.54) is 0 Å². The summed E-state index contributed by atoms with van der Waals surface area (Å²) in [5, 5.41) is 18.6. The van der Waals surface area contributed by atoms with Crippen LogP contribution in [0.4, 0.5) is 0 Å². The molecule has 5 heteroatoms. The molecule has 2 aromatic rings. The first-order valence-corrected chi connectivity index (χ1v) is 7.29. The van der Waals surface area contributed by atoms with Crippen molar-refractivity contribution >= 4 is 0 Å². The van der Waals surface area contributed by atoms with Crippen LogP contribution < -0.4 is 0 Å². The number of aromatic nitrogens is 3. The number of hydrogen-bond acceptors (Lipinski definition) is 4. The molecule has 0 atom stereocenters. The second-order valence-electron chi connectivity index (χ2n) is 5.98. The minimum Gasteiger partial charge on any atom is -0.389 e. The highest BCUT2D eigenvalue weighted by atomic mass is 16.3. The fraction of sp³-hybridized carbons (Fsp3) is 0.500. The number of hydrogen-bond donors (Lipinski definition) is 1. The normalized spacial score (nSPS) is 12.1. The van der Waals surface area contributed by atoms with Crippen molar-refractivity contribution in [3.63, 3.8) is 0 Å². The van der Waals surface area contributed by atoms with Crippen molar-refractivity contribution in [1.29, 1.82) is 0 Å². The van der Waals surface area contributed by atoms with Crippen molar-refractivity contribution < 1.29 is 5.11 Å². The molecule has 1 aromatic carbocycles. The Balaban J connectivity index is 2.17. The molecule has 5 nitrogen and oxygen atoms in total. The predicted molar refractivity (Wildman–Crippen MR) is 83.7 cm³/mol. The molecule has 0 unspecified atom stereocenters. The Morgan fingerprint density at radius 2 is 1.86 bits per heavy atom. The predicted octanol–water partition coefficient (Wildman–Crippen LogP) is 2.07. The lowest BCUT2D eigenvalue weighted by molar-refractivity contribution is 0.0343. The molecule has 0 radical (unpaired) electrons. The van der Waals surface area contributed by atoms with Crippen LogP contribution in [0.25, 0.3) is 11.4 Å². The Hall–Kier alpha value is -1.72. The van der Waals surface area contributed by atoms with E-state index in [1.54, 1.807) is 0 Å². The van der Waals surface area contributed by atoms with Gasteiger partial charge >= 0.3 is 0 Å². The van der Waals surface area contributed by atoms with E-state index in [0.29, 0.717) is 13.1 Å². The van der Waals surface area contributed by atoms with Crippen LogP contribution >= 0.6 is 0 Å². The lowest BCUT2D eigenvalue weighted by atomic mass is 10.1. The molecule has 2 rings (SSSR count). The molecule has 0 aliphatic carbocycles. The van der Waals surface area contributed by atoms with Gasteiger partial charge in [0.05, 0.1) is 12.1 Å². The quantitative estimate of drug-likeness (QED) is 0.884.